The Balaban J connectivity index is 0.000000206. The molecular weight excluding hydrogens is 703 g/mol. The fourth-order valence-electron chi connectivity index (χ4n) is 4.99. The molecule has 0 bridgehead atoms. The highest BCUT2D eigenvalue weighted by Gasteiger charge is 2.37. The lowest BCUT2D eigenvalue weighted by Gasteiger charge is -2.19. The van der Waals surface area contributed by atoms with E-state index in [1.807, 2.05) is 6.07 Å². The monoisotopic (exact) mass is 736 g/mol. The minimum Gasteiger partial charge on any atom is -0.472 e. The fourth-order valence-corrected chi connectivity index (χ4v) is 6.40. The Morgan fingerprint density at radius 3 is 1.74 bits per heavy atom. The Morgan fingerprint density at radius 1 is 0.755 bits per heavy atom. The second-order valence-electron chi connectivity index (χ2n) is 12.1. The van der Waals surface area contributed by atoms with Crippen LogP contribution in [0.25, 0.3) is 44.5 Å². The number of hydrogen-bond acceptors (Lipinski definition) is 12. The zero-order chi connectivity index (χ0) is 38.3. The van der Waals surface area contributed by atoms with Gasteiger partial charge in [-0.2, -0.15) is 5.26 Å². The average Bonchev–Trinajstić information content (AvgIpc) is 3.16. The van der Waals surface area contributed by atoms with Crippen LogP contribution in [0.2, 0.25) is 0 Å². The topological polar surface area (TPSA) is 204 Å². The molecule has 6 aromatic rings. The summed E-state index contributed by atoms with van der Waals surface area (Å²) in [7, 11) is -3.96. The number of nitriles is 1. The number of halogens is 2. The highest BCUT2D eigenvalue weighted by Crippen LogP contribution is 2.36. The van der Waals surface area contributed by atoms with E-state index in [2.05, 4.69) is 24.9 Å². The van der Waals surface area contributed by atoms with Gasteiger partial charge in [0, 0.05) is 64.4 Å². The number of aromatic nitrogens is 5. The molecule has 53 heavy (non-hydrogen) atoms. The maximum Gasteiger partial charge on any atom is 0.221 e. The third-order valence-electron chi connectivity index (χ3n) is 7.98. The van der Waals surface area contributed by atoms with Crippen molar-refractivity contribution in [2.45, 2.75) is 36.5 Å². The summed E-state index contributed by atoms with van der Waals surface area (Å²) in [6.07, 6.45) is 6.94. The molecule has 0 aliphatic heterocycles. The first-order chi connectivity index (χ1) is 25.2. The summed E-state index contributed by atoms with van der Waals surface area (Å²) in [4.78, 5) is 19.6. The third-order valence-corrected chi connectivity index (χ3v) is 10.4. The van der Waals surface area contributed by atoms with Crippen molar-refractivity contribution in [1.82, 2.24) is 24.9 Å². The SMILES string of the molecule is CC(C)(C#N)S(=O)(=O)c1ccccc1-c1ccc(-c2cnc(N)nc2)c(F)c1.C[C@@H](CO)Oc1ncccc1-c1ccc(-c2cnc(N)nc2)c(F)c1. The van der Waals surface area contributed by atoms with Gasteiger partial charge in [-0.3, -0.25) is 0 Å². The van der Waals surface area contributed by atoms with Crippen molar-refractivity contribution < 1.29 is 27.0 Å². The molecule has 0 amide bonds. The fraction of sp³-hybridized carbons (Fsp3) is 0.158. The second-order valence-corrected chi connectivity index (χ2v) is 14.6. The number of ether oxygens (including phenoxy) is 1. The Bertz CT molecular complexity index is 2390. The first-order valence-corrected chi connectivity index (χ1v) is 17.5. The standard InChI is InChI=1S/C20H17FN4O2S.C18H17FN4O2/c1-20(2,12-22)28(26,27)18-6-4-3-5-16(18)13-7-8-15(17(21)9-13)14-10-24-19(23)25-11-14;1-11(10-24)25-17-15(3-2-6-21-17)12-4-5-14(16(19)7-12)13-8-22-18(20)23-9-13/h3-11H,1-2H3,(H2,23,24,25);2-9,11,24H,10H2,1H3,(H2,20,22,23)/t;11-/m.0/s1. The van der Waals surface area contributed by atoms with E-state index in [1.165, 1.54) is 62.9 Å². The summed E-state index contributed by atoms with van der Waals surface area (Å²) in [5, 5.41) is 18.4. The molecule has 0 saturated heterocycles. The van der Waals surface area contributed by atoms with E-state index in [9.17, 15) is 22.5 Å². The second kappa shape index (κ2) is 15.9. The number of nitrogens with two attached hydrogens (primary N) is 2. The van der Waals surface area contributed by atoms with Gasteiger partial charge in [-0.05, 0) is 62.2 Å². The highest BCUT2D eigenvalue weighted by atomic mass is 32.2. The smallest absolute Gasteiger partial charge is 0.221 e. The van der Waals surface area contributed by atoms with E-state index in [1.54, 1.807) is 61.7 Å². The van der Waals surface area contributed by atoms with Crippen LogP contribution in [0.3, 0.4) is 0 Å². The minimum atomic E-state index is -3.96. The van der Waals surface area contributed by atoms with Crippen molar-refractivity contribution in [3.63, 3.8) is 0 Å². The van der Waals surface area contributed by atoms with Crippen LogP contribution >= 0.6 is 0 Å². The van der Waals surface area contributed by atoms with E-state index < -0.39 is 32.3 Å². The van der Waals surface area contributed by atoms with Gasteiger partial charge in [0.25, 0.3) is 0 Å². The number of sulfone groups is 1. The van der Waals surface area contributed by atoms with Gasteiger partial charge in [0.15, 0.2) is 14.6 Å². The van der Waals surface area contributed by atoms with Crippen molar-refractivity contribution >= 4 is 21.7 Å². The summed E-state index contributed by atoms with van der Waals surface area (Å²) in [6, 6.07) is 20.8. The lowest BCUT2D eigenvalue weighted by Crippen LogP contribution is -2.30. The first kappa shape index (κ1) is 37.9. The molecule has 3 aromatic carbocycles. The van der Waals surface area contributed by atoms with Crippen LogP contribution in [0.5, 0.6) is 5.88 Å². The zero-order valence-corrected chi connectivity index (χ0v) is 29.6. The lowest BCUT2D eigenvalue weighted by atomic mass is 10.0. The van der Waals surface area contributed by atoms with Crippen molar-refractivity contribution in [3.8, 4) is 56.5 Å². The van der Waals surface area contributed by atoms with E-state index in [0.717, 1.165) is 0 Å². The normalized spacial score (nSPS) is 11.9. The molecule has 6 rings (SSSR count). The number of hydrogen-bond donors (Lipinski definition) is 3. The van der Waals surface area contributed by atoms with Crippen molar-refractivity contribution in [3.05, 3.63) is 115 Å². The summed E-state index contributed by atoms with van der Waals surface area (Å²) in [5.41, 5.74) is 14.5. The molecule has 15 heteroatoms. The van der Waals surface area contributed by atoms with Crippen LogP contribution in [0.15, 0.2) is 109 Å². The van der Waals surface area contributed by atoms with Gasteiger partial charge in [-0.25, -0.2) is 42.1 Å². The largest absolute Gasteiger partial charge is 0.472 e. The molecule has 0 aliphatic carbocycles. The summed E-state index contributed by atoms with van der Waals surface area (Å²) < 4.78 is 59.2. The lowest BCUT2D eigenvalue weighted by molar-refractivity contribution is 0.126. The zero-order valence-electron chi connectivity index (χ0n) is 28.8. The van der Waals surface area contributed by atoms with Gasteiger partial charge in [-0.1, -0.05) is 42.5 Å². The Morgan fingerprint density at radius 2 is 1.25 bits per heavy atom. The van der Waals surface area contributed by atoms with E-state index in [4.69, 9.17) is 21.3 Å². The van der Waals surface area contributed by atoms with Gasteiger partial charge >= 0.3 is 0 Å². The number of rotatable bonds is 9. The predicted octanol–water partition coefficient (Wildman–Crippen LogP) is 6.29. The molecule has 0 unspecified atom stereocenters. The number of nitrogen functional groups attached to an aromatic ring is 2. The Hall–Kier alpha value is -6.37. The van der Waals surface area contributed by atoms with Gasteiger partial charge in [0.05, 0.1) is 17.6 Å². The van der Waals surface area contributed by atoms with Crippen LogP contribution in [0.4, 0.5) is 20.7 Å². The number of benzene rings is 3. The molecule has 12 nitrogen and oxygen atoms in total. The maximum atomic E-state index is 14.8. The first-order valence-electron chi connectivity index (χ1n) is 16.0. The molecule has 5 N–H and O–H groups in total. The van der Waals surface area contributed by atoms with Crippen molar-refractivity contribution in [2.24, 2.45) is 0 Å². The quantitative estimate of drug-likeness (QED) is 0.150. The number of aliphatic hydroxyl groups excluding tert-OH is 1. The molecule has 1 atom stereocenters. The maximum absolute atomic E-state index is 14.8. The minimum absolute atomic E-state index is 0.0236. The summed E-state index contributed by atoms with van der Waals surface area (Å²) >= 11 is 0. The predicted molar refractivity (Wildman–Crippen MR) is 196 cm³/mol. The summed E-state index contributed by atoms with van der Waals surface area (Å²) in [5.74, 6) is -0.420. The Labute approximate surface area is 304 Å². The van der Waals surface area contributed by atoms with Crippen LogP contribution in [-0.4, -0.2) is 55.9 Å². The number of anilines is 2. The molecular formula is C38H34F2N8O4S. The highest BCUT2D eigenvalue weighted by molar-refractivity contribution is 7.93. The molecule has 0 radical (unpaired) electrons. The van der Waals surface area contributed by atoms with Crippen LogP contribution in [0.1, 0.15) is 20.8 Å². The number of aliphatic hydroxyl groups is 1. The van der Waals surface area contributed by atoms with Gasteiger partial charge in [0.2, 0.25) is 17.8 Å². The molecule has 270 valence electrons. The molecule has 0 fully saturated rings. The van der Waals surface area contributed by atoms with E-state index in [-0.39, 0.29) is 29.0 Å². The van der Waals surface area contributed by atoms with E-state index in [0.29, 0.717) is 44.8 Å². The van der Waals surface area contributed by atoms with Gasteiger partial charge < -0.3 is 21.3 Å². The number of pyridine rings is 1. The molecule has 0 spiro atoms. The Kier molecular flexibility index (Phi) is 11.4. The summed E-state index contributed by atoms with van der Waals surface area (Å²) in [6.45, 7) is 4.26. The molecule has 3 heterocycles. The van der Waals surface area contributed by atoms with Gasteiger partial charge in [0.1, 0.15) is 17.7 Å². The molecule has 0 aliphatic rings. The van der Waals surface area contributed by atoms with Gasteiger partial charge in [-0.15, -0.1) is 0 Å². The van der Waals surface area contributed by atoms with Crippen molar-refractivity contribution in [1.29, 1.82) is 5.26 Å². The molecule has 3 aromatic heterocycles. The third kappa shape index (κ3) is 8.41. The molecule has 0 saturated carbocycles. The van der Waals surface area contributed by atoms with Crippen molar-refractivity contribution in [2.75, 3.05) is 18.1 Å². The average molecular weight is 737 g/mol. The number of nitrogens with zero attached hydrogens (tertiary/aromatic N) is 6. The van der Waals surface area contributed by atoms with Crippen LogP contribution in [-0.2, 0) is 9.84 Å². The van der Waals surface area contributed by atoms with Crippen LogP contribution < -0.4 is 16.2 Å². The van der Waals surface area contributed by atoms with Crippen LogP contribution in [0, 0.1) is 23.0 Å². The van der Waals surface area contributed by atoms with E-state index >= 15 is 0 Å².